The molecule has 3 nitrogen and oxygen atoms in total. The van der Waals surface area contributed by atoms with Gasteiger partial charge in [0.05, 0.1) is 0 Å². The van der Waals surface area contributed by atoms with E-state index in [1.54, 1.807) is 0 Å². The number of carbonyl (C=O) groups excluding carboxylic acids is 1. The predicted octanol–water partition coefficient (Wildman–Crippen LogP) is 5.81. The molecule has 1 heterocycles. The Bertz CT molecular complexity index is 1000. The second kappa shape index (κ2) is 11.8. The van der Waals surface area contributed by atoms with Gasteiger partial charge in [0, 0.05) is 18.7 Å². The van der Waals surface area contributed by atoms with E-state index in [1.165, 1.54) is 41.5 Å². The first kappa shape index (κ1) is 23.3. The fourth-order valence-corrected chi connectivity index (χ4v) is 4.78. The summed E-state index contributed by atoms with van der Waals surface area (Å²) in [6.45, 7) is 6.09. The number of rotatable bonds is 9. The van der Waals surface area contributed by atoms with Gasteiger partial charge in [0.2, 0.25) is 0 Å². The standard InChI is InChI=1S/C30H36N2O/c1-24-7-5-10-25(21-24)11-6-18-31-30(33)29-14-12-28(13-15-29)23-32-19-16-27(17-20-32)22-26-8-3-2-4-9-26/h2-5,7-10,12-15,21,27H,6,11,16-20,22-23H2,1H3,(H,31,33). The number of aryl methyl sites for hydroxylation is 2. The van der Waals surface area contributed by atoms with E-state index in [-0.39, 0.29) is 5.91 Å². The predicted molar refractivity (Wildman–Crippen MR) is 136 cm³/mol. The van der Waals surface area contributed by atoms with Gasteiger partial charge in [-0.05, 0) is 86.9 Å². The average Bonchev–Trinajstić information content (AvgIpc) is 2.84. The third kappa shape index (κ3) is 7.30. The normalized spacial score (nSPS) is 14.8. The van der Waals surface area contributed by atoms with Crippen LogP contribution in [0, 0.1) is 12.8 Å². The highest BCUT2D eigenvalue weighted by atomic mass is 16.1. The molecule has 4 rings (SSSR count). The number of piperidine rings is 1. The molecule has 1 fully saturated rings. The first-order valence-electron chi connectivity index (χ1n) is 12.3. The summed E-state index contributed by atoms with van der Waals surface area (Å²) in [5.74, 6) is 0.813. The molecule has 0 saturated carbocycles. The van der Waals surface area contributed by atoms with Crippen molar-refractivity contribution in [3.05, 3.63) is 107 Å². The van der Waals surface area contributed by atoms with E-state index >= 15 is 0 Å². The number of benzene rings is 3. The van der Waals surface area contributed by atoms with Crippen LogP contribution in [-0.4, -0.2) is 30.4 Å². The van der Waals surface area contributed by atoms with Crippen molar-refractivity contribution in [1.29, 1.82) is 0 Å². The molecular formula is C30H36N2O. The first-order valence-corrected chi connectivity index (χ1v) is 12.3. The van der Waals surface area contributed by atoms with Gasteiger partial charge in [-0.2, -0.15) is 0 Å². The van der Waals surface area contributed by atoms with E-state index in [1.807, 2.05) is 12.1 Å². The van der Waals surface area contributed by atoms with Crippen molar-refractivity contribution in [2.24, 2.45) is 5.92 Å². The molecule has 33 heavy (non-hydrogen) atoms. The van der Waals surface area contributed by atoms with Crippen molar-refractivity contribution < 1.29 is 4.79 Å². The number of hydrogen-bond donors (Lipinski definition) is 1. The lowest BCUT2D eigenvalue weighted by Crippen LogP contribution is -2.33. The van der Waals surface area contributed by atoms with E-state index in [2.05, 4.69) is 83.9 Å². The van der Waals surface area contributed by atoms with Crippen molar-refractivity contribution in [3.8, 4) is 0 Å². The summed E-state index contributed by atoms with van der Waals surface area (Å²) >= 11 is 0. The Kier molecular flexibility index (Phi) is 8.32. The highest BCUT2D eigenvalue weighted by molar-refractivity contribution is 5.94. The smallest absolute Gasteiger partial charge is 0.251 e. The Labute approximate surface area is 198 Å². The summed E-state index contributed by atoms with van der Waals surface area (Å²) in [6.07, 6.45) is 5.66. The van der Waals surface area contributed by atoms with Gasteiger partial charge in [-0.1, -0.05) is 72.3 Å². The number of nitrogens with zero attached hydrogens (tertiary/aromatic N) is 1. The van der Waals surface area contributed by atoms with Crippen LogP contribution in [0.2, 0.25) is 0 Å². The Morgan fingerprint density at radius 2 is 1.61 bits per heavy atom. The SMILES string of the molecule is Cc1cccc(CCCNC(=O)c2ccc(CN3CCC(Cc4ccccc4)CC3)cc2)c1. The van der Waals surface area contributed by atoms with E-state index < -0.39 is 0 Å². The summed E-state index contributed by atoms with van der Waals surface area (Å²) in [4.78, 5) is 15.0. The van der Waals surface area contributed by atoms with Crippen LogP contribution in [0.15, 0.2) is 78.9 Å². The monoisotopic (exact) mass is 440 g/mol. The van der Waals surface area contributed by atoms with E-state index in [9.17, 15) is 4.79 Å². The Balaban J connectivity index is 1.16. The fraction of sp³-hybridized carbons (Fsp3) is 0.367. The van der Waals surface area contributed by atoms with Gasteiger partial charge in [0.1, 0.15) is 0 Å². The molecule has 3 aromatic rings. The molecule has 3 heteroatoms. The lowest BCUT2D eigenvalue weighted by molar-refractivity contribution is 0.0953. The third-order valence-electron chi connectivity index (χ3n) is 6.71. The van der Waals surface area contributed by atoms with Crippen LogP contribution in [0.3, 0.4) is 0 Å². The lowest BCUT2D eigenvalue weighted by atomic mass is 9.90. The molecule has 1 N–H and O–H groups in total. The van der Waals surface area contributed by atoms with Gasteiger partial charge in [-0.15, -0.1) is 0 Å². The molecule has 1 aliphatic rings. The molecular weight excluding hydrogens is 404 g/mol. The molecule has 3 aromatic carbocycles. The molecule has 0 atom stereocenters. The topological polar surface area (TPSA) is 32.3 Å². The molecule has 0 unspecified atom stereocenters. The zero-order chi connectivity index (χ0) is 22.9. The summed E-state index contributed by atoms with van der Waals surface area (Å²) in [6, 6.07) is 27.6. The summed E-state index contributed by atoms with van der Waals surface area (Å²) in [7, 11) is 0. The summed E-state index contributed by atoms with van der Waals surface area (Å²) in [5, 5.41) is 3.06. The van der Waals surface area contributed by atoms with Crippen LogP contribution in [0.4, 0.5) is 0 Å². The highest BCUT2D eigenvalue weighted by Gasteiger charge is 2.19. The molecule has 0 spiro atoms. The number of likely N-dealkylation sites (tertiary alicyclic amines) is 1. The minimum Gasteiger partial charge on any atom is -0.352 e. The molecule has 0 aromatic heterocycles. The number of carbonyl (C=O) groups is 1. The van der Waals surface area contributed by atoms with Gasteiger partial charge >= 0.3 is 0 Å². The van der Waals surface area contributed by atoms with Crippen LogP contribution in [0.25, 0.3) is 0 Å². The van der Waals surface area contributed by atoms with E-state index in [0.29, 0.717) is 6.54 Å². The summed E-state index contributed by atoms with van der Waals surface area (Å²) < 4.78 is 0. The Morgan fingerprint density at radius 1 is 0.879 bits per heavy atom. The number of amides is 1. The summed E-state index contributed by atoms with van der Waals surface area (Å²) in [5.41, 5.74) is 6.11. The fourth-order valence-electron chi connectivity index (χ4n) is 4.78. The van der Waals surface area contributed by atoms with Crippen LogP contribution < -0.4 is 5.32 Å². The van der Waals surface area contributed by atoms with Crippen LogP contribution >= 0.6 is 0 Å². The first-order chi connectivity index (χ1) is 16.2. The molecule has 1 saturated heterocycles. The average molecular weight is 441 g/mol. The molecule has 1 amide bonds. The van der Waals surface area contributed by atoms with Crippen LogP contribution in [-0.2, 0) is 19.4 Å². The van der Waals surface area contributed by atoms with Crippen molar-refractivity contribution in [1.82, 2.24) is 10.2 Å². The largest absolute Gasteiger partial charge is 0.352 e. The van der Waals surface area contributed by atoms with Gasteiger partial charge in [-0.3, -0.25) is 9.69 Å². The maximum Gasteiger partial charge on any atom is 0.251 e. The number of nitrogens with one attached hydrogen (secondary N) is 1. The van der Waals surface area contributed by atoms with Crippen molar-refractivity contribution in [2.45, 2.75) is 45.6 Å². The van der Waals surface area contributed by atoms with Crippen molar-refractivity contribution in [2.75, 3.05) is 19.6 Å². The second-order valence-electron chi connectivity index (χ2n) is 9.45. The number of hydrogen-bond acceptors (Lipinski definition) is 2. The molecule has 172 valence electrons. The highest BCUT2D eigenvalue weighted by Crippen LogP contribution is 2.23. The molecule has 0 bridgehead atoms. The van der Waals surface area contributed by atoms with Crippen LogP contribution in [0.5, 0.6) is 0 Å². The maximum absolute atomic E-state index is 12.5. The second-order valence-corrected chi connectivity index (χ2v) is 9.45. The van der Waals surface area contributed by atoms with Gasteiger partial charge in [-0.25, -0.2) is 0 Å². The van der Waals surface area contributed by atoms with E-state index in [4.69, 9.17) is 0 Å². The van der Waals surface area contributed by atoms with Gasteiger partial charge in [0.15, 0.2) is 0 Å². The zero-order valence-corrected chi connectivity index (χ0v) is 19.8. The van der Waals surface area contributed by atoms with Crippen molar-refractivity contribution in [3.63, 3.8) is 0 Å². The molecule has 1 aliphatic heterocycles. The Morgan fingerprint density at radius 3 is 2.33 bits per heavy atom. The minimum absolute atomic E-state index is 0.0209. The van der Waals surface area contributed by atoms with Crippen LogP contribution in [0.1, 0.15) is 51.9 Å². The van der Waals surface area contributed by atoms with E-state index in [0.717, 1.165) is 44.0 Å². The quantitative estimate of drug-likeness (QED) is 0.426. The maximum atomic E-state index is 12.5. The van der Waals surface area contributed by atoms with Gasteiger partial charge < -0.3 is 5.32 Å². The molecule has 0 aliphatic carbocycles. The zero-order valence-electron chi connectivity index (χ0n) is 19.8. The minimum atomic E-state index is 0.0209. The lowest BCUT2D eigenvalue weighted by Gasteiger charge is -2.32. The Hall–Kier alpha value is -2.91. The molecule has 0 radical (unpaired) electrons. The van der Waals surface area contributed by atoms with Gasteiger partial charge in [0.25, 0.3) is 5.91 Å². The third-order valence-corrected chi connectivity index (χ3v) is 6.71. The van der Waals surface area contributed by atoms with Crippen molar-refractivity contribution >= 4 is 5.91 Å².